The molecule has 2 rings (SSSR count). The van der Waals surface area contributed by atoms with Crippen molar-refractivity contribution in [2.45, 2.75) is 19.4 Å². The first-order chi connectivity index (χ1) is 9.20. The molecule has 1 unspecified atom stereocenters. The topological polar surface area (TPSA) is 37.8 Å². The number of rotatable bonds is 5. The second-order valence-electron chi connectivity index (χ2n) is 4.22. The summed E-state index contributed by atoms with van der Waals surface area (Å²) in [6.45, 7) is 2.83. The first kappa shape index (κ1) is 14.1. The lowest BCUT2D eigenvalue weighted by molar-refractivity contribution is 0.525. The molecule has 1 N–H and O–H groups in total. The summed E-state index contributed by atoms with van der Waals surface area (Å²) in [5.74, 6) is -0.200. The maximum Gasteiger partial charge on any atom is 0.127 e. The Bertz CT molecular complexity index is 533. The van der Waals surface area contributed by atoms with Crippen molar-refractivity contribution in [2.24, 2.45) is 0 Å². The van der Waals surface area contributed by atoms with Gasteiger partial charge < -0.3 is 5.32 Å². The molecule has 100 valence electrons. The highest BCUT2D eigenvalue weighted by Crippen LogP contribution is 2.21. The molecule has 5 heteroatoms. The van der Waals surface area contributed by atoms with E-state index in [1.54, 1.807) is 18.5 Å². The molecular formula is C14H15BrFN3. The van der Waals surface area contributed by atoms with E-state index in [-0.39, 0.29) is 11.9 Å². The van der Waals surface area contributed by atoms with E-state index < -0.39 is 0 Å². The molecule has 0 aliphatic heterocycles. The smallest absolute Gasteiger partial charge is 0.127 e. The van der Waals surface area contributed by atoms with E-state index in [0.29, 0.717) is 12.0 Å². The lowest BCUT2D eigenvalue weighted by atomic mass is 10.0. The third-order valence-corrected chi connectivity index (χ3v) is 3.37. The van der Waals surface area contributed by atoms with Gasteiger partial charge in [0.2, 0.25) is 0 Å². The molecule has 1 aromatic heterocycles. The summed E-state index contributed by atoms with van der Waals surface area (Å²) in [4.78, 5) is 8.03. The molecule has 0 aliphatic carbocycles. The number of halogens is 2. The molecule has 19 heavy (non-hydrogen) atoms. The Morgan fingerprint density at radius 1 is 1.32 bits per heavy atom. The molecule has 3 nitrogen and oxygen atoms in total. The van der Waals surface area contributed by atoms with Gasteiger partial charge in [0.15, 0.2) is 0 Å². The first-order valence-corrected chi connectivity index (χ1v) is 6.92. The Balaban J connectivity index is 2.21. The summed E-state index contributed by atoms with van der Waals surface area (Å²) in [7, 11) is 0. The van der Waals surface area contributed by atoms with Crippen LogP contribution in [0.1, 0.15) is 24.1 Å². The highest BCUT2D eigenvalue weighted by molar-refractivity contribution is 9.10. The standard InChI is InChI=1S/C14H15BrFN3/c1-2-19-14(11-7-17-9-18-8-11)5-10-3-4-12(15)6-13(10)16/h3-4,6-9,14,19H,2,5H2,1H3. The fraction of sp³-hybridized carbons (Fsp3) is 0.286. The van der Waals surface area contributed by atoms with Crippen molar-refractivity contribution in [2.75, 3.05) is 6.54 Å². The summed E-state index contributed by atoms with van der Waals surface area (Å²) in [5, 5.41) is 3.33. The number of nitrogens with one attached hydrogen (secondary N) is 1. The van der Waals surface area contributed by atoms with Gasteiger partial charge in [-0.15, -0.1) is 0 Å². The highest BCUT2D eigenvalue weighted by atomic mass is 79.9. The molecule has 0 radical (unpaired) electrons. The predicted octanol–water partition coefficient (Wildman–Crippen LogP) is 3.27. The minimum atomic E-state index is -0.200. The van der Waals surface area contributed by atoms with Crippen LogP contribution in [-0.4, -0.2) is 16.5 Å². The number of hydrogen-bond donors (Lipinski definition) is 1. The van der Waals surface area contributed by atoms with E-state index in [0.717, 1.165) is 16.6 Å². The number of benzene rings is 1. The molecule has 1 aromatic carbocycles. The van der Waals surface area contributed by atoms with Gasteiger partial charge in [-0.3, -0.25) is 0 Å². The quantitative estimate of drug-likeness (QED) is 0.917. The van der Waals surface area contributed by atoms with Crippen molar-refractivity contribution in [3.05, 3.63) is 58.3 Å². The number of aromatic nitrogens is 2. The van der Waals surface area contributed by atoms with E-state index in [1.165, 1.54) is 12.4 Å². The van der Waals surface area contributed by atoms with Gasteiger partial charge in [-0.1, -0.05) is 28.9 Å². The summed E-state index contributed by atoms with van der Waals surface area (Å²) in [6.07, 6.45) is 5.58. The molecule has 0 bridgehead atoms. The third-order valence-electron chi connectivity index (χ3n) is 2.87. The normalized spacial score (nSPS) is 12.4. The Kier molecular flexibility index (Phi) is 4.99. The Morgan fingerprint density at radius 2 is 2.05 bits per heavy atom. The summed E-state index contributed by atoms with van der Waals surface area (Å²) in [6, 6.07) is 5.15. The molecule has 0 saturated heterocycles. The van der Waals surface area contributed by atoms with Gasteiger partial charge in [-0.25, -0.2) is 14.4 Å². The van der Waals surface area contributed by atoms with Crippen LogP contribution in [0.5, 0.6) is 0 Å². The molecule has 0 amide bonds. The van der Waals surface area contributed by atoms with E-state index in [4.69, 9.17) is 0 Å². The van der Waals surface area contributed by atoms with Crippen molar-refractivity contribution in [1.82, 2.24) is 15.3 Å². The summed E-state index contributed by atoms with van der Waals surface area (Å²) >= 11 is 3.26. The van der Waals surface area contributed by atoms with Crippen molar-refractivity contribution in [3.63, 3.8) is 0 Å². The van der Waals surface area contributed by atoms with Gasteiger partial charge in [0.05, 0.1) is 0 Å². The molecule has 0 saturated carbocycles. The Morgan fingerprint density at radius 3 is 2.68 bits per heavy atom. The van der Waals surface area contributed by atoms with Crippen LogP contribution in [0.4, 0.5) is 4.39 Å². The van der Waals surface area contributed by atoms with Gasteiger partial charge in [0.25, 0.3) is 0 Å². The van der Waals surface area contributed by atoms with Crippen molar-refractivity contribution in [3.8, 4) is 0 Å². The average molecular weight is 324 g/mol. The van der Waals surface area contributed by atoms with Gasteiger partial charge in [-0.05, 0) is 30.7 Å². The SMILES string of the molecule is CCNC(Cc1ccc(Br)cc1F)c1cncnc1. The predicted molar refractivity (Wildman–Crippen MR) is 76.3 cm³/mol. The van der Waals surface area contributed by atoms with E-state index in [9.17, 15) is 4.39 Å². The van der Waals surface area contributed by atoms with E-state index in [2.05, 4.69) is 31.2 Å². The van der Waals surface area contributed by atoms with Crippen LogP contribution in [-0.2, 0) is 6.42 Å². The Labute approximate surface area is 120 Å². The first-order valence-electron chi connectivity index (χ1n) is 6.13. The maximum absolute atomic E-state index is 13.9. The fourth-order valence-electron chi connectivity index (χ4n) is 1.95. The third kappa shape index (κ3) is 3.81. The Hall–Kier alpha value is -1.33. The van der Waals surface area contributed by atoms with Crippen molar-refractivity contribution in [1.29, 1.82) is 0 Å². The molecule has 0 aliphatic rings. The van der Waals surface area contributed by atoms with Crippen LogP contribution in [0.3, 0.4) is 0 Å². The second-order valence-corrected chi connectivity index (χ2v) is 5.14. The second kappa shape index (κ2) is 6.73. The number of nitrogens with zero attached hydrogens (tertiary/aromatic N) is 2. The van der Waals surface area contributed by atoms with Gasteiger partial charge in [-0.2, -0.15) is 0 Å². The van der Waals surface area contributed by atoms with Gasteiger partial charge >= 0.3 is 0 Å². The van der Waals surface area contributed by atoms with Crippen LogP contribution in [0.2, 0.25) is 0 Å². The van der Waals surface area contributed by atoms with E-state index in [1.807, 2.05) is 13.0 Å². The largest absolute Gasteiger partial charge is 0.310 e. The van der Waals surface area contributed by atoms with Gasteiger partial charge in [0.1, 0.15) is 12.1 Å². The minimum absolute atomic E-state index is 0.0156. The monoisotopic (exact) mass is 323 g/mol. The highest BCUT2D eigenvalue weighted by Gasteiger charge is 2.14. The summed E-state index contributed by atoms with van der Waals surface area (Å²) in [5.41, 5.74) is 1.64. The molecule has 1 heterocycles. The zero-order valence-electron chi connectivity index (χ0n) is 10.6. The lowest BCUT2D eigenvalue weighted by Crippen LogP contribution is -2.23. The van der Waals surface area contributed by atoms with Crippen LogP contribution in [0.15, 0.2) is 41.4 Å². The number of likely N-dealkylation sites (N-methyl/N-ethyl adjacent to an activating group) is 1. The molecular weight excluding hydrogens is 309 g/mol. The van der Waals surface area contributed by atoms with Gasteiger partial charge in [0, 0.05) is 28.5 Å². The molecule has 0 spiro atoms. The summed E-state index contributed by atoms with van der Waals surface area (Å²) < 4.78 is 14.6. The van der Waals surface area contributed by atoms with Crippen LogP contribution < -0.4 is 5.32 Å². The fourth-order valence-corrected chi connectivity index (χ4v) is 2.29. The maximum atomic E-state index is 13.9. The lowest BCUT2D eigenvalue weighted by Gasteiger charge is -2.18. The zero-order chi connectivity index (χ0) is 13.7. The molecule has 2 aromatic rings. The zero-order valence-corrected chi connectivity index (χ0v) is 12.2. The van der Waals surface area contributed by atoms with Crippen molar-refractivity contribution >= 4 is 15.9 Å². The van der Waals surface area contributed by atoms with Crippen LogP contribution in [0.25, 0.3) is 0 Å². The van der Waals surface area contributed by atoms with E-state index >= 15 is 0 Å². The van der Waals surface area contributed by atoms with Crippen LogP contribution in [0, 0.1) is 5.82 Å². The molecule has 0 fully saturated rings. The minimum Gasteiger partial charge on any atom is -0.310 e. The van der Waals surface area contributed by atoms with Crippen LogP contribution >= 0.6 is 15.9 Å². The average Bonchev–Trinajstić information content (AvgIpc) is 2.42. The number of hydrogen-bond acceptors (Lipinski definition) is 3. The molecule has 1 atom stereocenters. The van der Waals surface area contributed by atoms with Crippen molar-refractivity contribution < 1.29 is 4.39 Å².